The minimum Gasteiger partial charge on any atom is -0.480 e. The molecule has 2 aromatic carbocycles. The highest BCUT2D eigenvalue weighted by Crippen LogP contribution is 2.28. The first-order valence-electron chi connectivity index (χ1n) is 11.3. The van der Waals surface area contributed by atoms with E-state index in [4.69, 9.17) is 4.74 Å². The van der Waals surface area contributed by atoms with E-state index in [1.165, 1.54) is 0 Å². The van der Waals surface area contributed by atoms with Gasteiger partial charge in [0, 0.05) is 49.9 Å². The van der Waals surface area contributed by atoms with Crippen LogP contribution in [0.2, 0.25) is 0 Å². The predicted octanol–water partition coefficient (Wildman–Crippen LogP) is 2.73. The summed E-state index contributed by atoms with van der Waals surface area (Å²) in [5, 5.41) is 3.27. The molecule has 2 heterocycles. The molecule has 1 fully saturated rings. The third kappa shape index (κ3) is 4.57. The second kappa shape index (κ2) is 9.91. The standard InChI is InChI=1S/C26H28N4O4/c1-17-16-29(26(33)19-8-5-4-6-9-19)14-15-30(17)25(32)18(2)34-22-12-11-21(24(31)27-3)23-20(22)10-7-13-28-23/h4-13,17-18H,14-16H2,1-3H3,(H,27,31). The van der Waals surface area contributed by atoms with Crippen LogP contribution in [0.25, 0.3) is 10.9 Å². The second-order valence-corrected chi connectivity index (χ2v) is 8.35. The Morgan fingerprint density at radius 1 is 1.06 bits per heavy atom. The Kier molecular flexibility index (Phi) is 6.77. The minimum atomic E-state index is -0.743. The molecule has 0 spiro atoms. The summed E-state index contributed by atoms with van der Waals surface area (Å²) in [6.07, 6.45) is 0.874. The van der Waals surface area contributed by atoms with Gasteiger partial charge in [-0.1, -0.05) is 18.2 Å². The highest BCUT2D eigenvalue weighted by molar-refractivity contribution is 6.07. The minimum absolute atomic E-state index is 0.0287. The first-order valence-corrected chi connectivity index (χ1v) is 11.3. The molecule has 0 radical (unpaired) electrons. The molecular formula is C26H28N4O4. The molecule has 0 aliphatic carbocycles. The molecule has 3 amide bonds. The van der Waals surface area contributed by atoms with Gasteiger partial charge in [0.05, 0.1) is 11.1 Å². The lowest BCUT2D eigenvalue weighted by molar-refractivity contribution is -0.142. The number of hydrogen-bond acceptors (Lipinski definition) is 5. The Hall–Kier alpha value is -3.94. The molecule has 3 aromatic rings. The van der Waals surface area contributed by atoms with E-state index in [-0.39, 0.29) is 23.8 Å². The molecule has 34 heavy (non-hydrogen) atoms. The van der Waals surface area contributed by atoms with Gasteiger partial charge in [-0.15, -0.1) is 0 Å². The highest BCUT2D eigenvalue weighted by Gasteiger charge is 2.33. The number of nitrogens with one attached hydrogen (secondary N) is 1. The van der Waals surface area contributed by atoms with E-state index in [1.807, 2.05) is 31.2 Å². The molecule has 2 atom stereocenters. The van der Waals surface area contributed by atoms with Gasteiger partial charge in [0.25, 0.3) is 17.7 Å². The van der Waals surface area contributed by atoms with E-state index in [0.717, 1.165) is 0 Å². The fraction of sp³-hybridized carbons (Fsp3) is 0.308. The van der Waals surface area contributed by atoms with Gasteiger partial charge < -0.3 is 19.9 Å². The number of rotatable bonds is 5. The van der Waals surface area contributed by atoms with Crippen LogP contribution in [0.5, 0.6) is 5.75 Å². The van der Waals surface area contributed by atoms with Crippen LogP contribution in [-0.4, -0.2) is 71.3 Å². The Bertz CT molecular complexity index is 1210. The summed E-state index contributed by atoms with van der Waals surface area (Å²) >= 11 is 0. The van der Waals surface area contributed by atoms with E-state index in [1.54, 1.807) is 60.3 Å². The number of carbonyl (C=O) groups excluding carboxylic acids is 3. The molecule has 1 aliphatic rings. The van der Waals surface area contributed by atoms with Crippen LogP contribution in [0.4, 0.5) is 0 Å². The summed E-state index contributed by atoms with van der Waals surface area (Å²) in [6, 6.07) is 15.9. The van der Waals surface area contributed by atoms with Crippen LogP contribution in [-0.2, 0) is 4.79 Å². The summed E-state index contributed by atoms with van der Waals surface area (Å²) in [4.78, 5) is 46.1. The van der Waals surface area contributed by atoms with Gasteiger partial charge in [0.15, 0.2) is 6.10 Å². The quantitative estimate of drug-likeness (QED) is 0.632. The molecule has 1 aromatic heterocycles. The molecule has 0 bridgehead atoms. The number of hydrogen-bond donors (Lipinski definition) is 1. The number of aromatic nitrogens is 1. The maximum absolute atomic E-state index is 13.2. The zero-order valence-electron chi connectivity index (χ0n) is 19.5. The third-order valence-electron chi connectivity index (χ3n) is 6.07. The molecule has 176 valence electrons. The number of amides is 3. The maximum atomic E-state index is 13.2. The van der Waals surface area contributed by atoms with Crippen LogP contribution in [0.15, 0.2) is 60.8 Å². The Labute approximate surface area is 198 Å². The lowest BCUT2D eigenvalue weighted by Crippen LogP contribution is -2.57. The van der Waals surface area contributed by atoms with Crippen molar-refractivity contribution >= 4 is 28.6 Å². The molecule has 8 heteroatoms. The van der Waals surface area contributed by atoms with Gasteiger partial charge in [0.2, 0.25) is 0 Å². The van der Waals surface area contributed by atoms with E-state index in [2.05, 4.69) is 10.3 Å². The van der Waals surface area contributed by atoms with Crippen LogP contribution in [0, 0.1) is 0 Å². The highest BCUT2D eigenvalue weighted by atomic mass is 16.5. The van der Waals surface area contributed by atoms with E-state index < -0.39 is 6.10 Å². The first-order chi connectivity index (χ1) is 16.4. The lowest BCUT2D eigenvalue weighted by atomic mass is 10.1. The number of carbonyl (C=O) groups is 3. The van der Waals surface area contributed by atoms with Crippen molar-refractivity contribution in [2.45, 2.75) is 26.0 Å². The number of nitrogens with zero attached hydrogens (tertiary/aromatic N) is 3. The smallest absolute Gasteiger partial charge is 0.263 e. The monoisotopic (exact) mass is 460 g/mol. The van der Waals surface area contributed by atoms with Crippen molar-refractivity contribution in [3.63, 3.8) is 0 Å². The summed E-state index contributed by atoms with van der Waals surface area (Å²) < 4.78 is 6.06. The Morgan fingerprint density at radius 2 is 1.82 bits per heavy atom. The number of pyridine rings is 1. The molecule has 1 saturated heterocycles. The molecule has 8 nitrogen and oxygen atoms in total. The molecular weight excluding hydrogens is 432 g/mol. The molecule has 1 N–H and O–H groups in total. The topological polar surface area (TPSA) is 91.8 Å². The molecule has 0 saturated carbocycles. The summed E-state index contributed by atoms with van der Waals surface area (Å²) in [7, 11) is 1.57. The second-order valence-electron chi connectivity index (χ2n) is 8.35. The van der Waals surface area contributed by atoms with Crippen molar-refractivity contribution in [3.8, 4) is 5.75 Å². The van der Waals surface area contributed by atoms with Crippen molar-refractivity contribution in [1.82, 2.24) is 20.1 Å². The zero-order valence-corrected chi connectivity index (χ0v) is 19.5. The van der Waals surface area contributed by atoms with Crippen molar-refractivity contribution in [2.24, 2.45) is 0 Å². The van der Waals surface area contributed by atoms with Crippen LogP contribution in [0.3, 0.4) is 0 Å². The summed E-state index contributed by atoms with van der Waals surface area (Å²) in [5.74, 6) is 0.0732. The van der Waals surface area contributed by atoms with E-state index in [0.29, 0.717) is 47.4 Å². The van der Waals surface area contributed by atoms with Crippen molar-refractivity contribution in [1.29, 1.82) is 0 Å². The zero-order chi connectivity index (χ0) is 24.2. The van der Waals surface area contributed by atoms with Crippen LogP contribution >= 0.6 is 0 Å². The first kappa shape index (κ1) is 23.2. The van der Waals surface area contributed by atoms with Gasteiger partial charge in [-0.2, -0.15) is 0 Å². The number of benzene rings is 2. The number of ether oxygens (including phenoxy) is 1. The Balaban J connectivity index is 1.46. The van der Waals surface area contributed by atoms with Gasteiger partial charge in [-0.05, 0) is 50.2 Å². The summed E-state index contributed by atoms with van der Waals surface area (Å²) in [6.45, 7) is 5.01. The van der Waals surface area contributed by atoms with Crippen LogP contribution in [0.1, 0.15) is 34.6 Å². The van der Waals surface area contributed by atoms with Crippen molar-refractivity contribution in [3.05, 3.63) is 71.9 Å². The van der Waals surface area contributed by atoms with Crippen molar-refractivity contribution in [2.75, 3.05) is 26.7 Å². The van der Waals surface area contributed by atoms with Gasteiger partial charge in [-0.3, -0.25) is 19.4 Å². The predicted molar refractivity (Wildman–Crippen MR) is 129 cm³/mol. The Morgan fingerprint density at radius 3 is 2.53 bits per heavy atom. The van der Waals surface area contributed by atoms with Gasteiger partial charge >= 0.3 is 0 Å². The molecule has 4 rings (SSSR count). The average Bonchev–Trinajstić information content (AvgIpc) is 2.88. The fourth-order valence-corrected chi connectivity index (χ4v) is 4.27. The van der Waals surface area contributed by atoms with E-state index in [9.17, 15) is 14.4 Å². The van der Waals surface area contributed by atoms with Gasteiger partial charge in [0.1, 0.15) is 5.75 Å². The average molecular weight is 461 g/mol. The lowest BCUT2D eigenvalue weighted by Gasteiger charge is -2.40. The largest absolute Gasteiger partial charge is 0.480 e. The fourth-order valence-electron chi connectivity index (χ4n) is 4.27. The van der Waals surface area contributed by atoms with Crippen molar-refractivity contribution < 1.29 is 19.1 Å². The number of fused-ring (bicyclic) bond motifs is 1. The maximum Gasteiger partial charge on any atom is 0.263 e. The molecule has 2 unspecified atom stereocenters. The van der Waals surface area contributed by atoms with Gasteiger partial charge in [-0.25, -0.2) is 0 Å². The molecule has 1 aliphatic heterocycles. The normalized spacial score (nSPS) is 16.7. The summed E-state index contributed by atoms with van der Waals surface area (Å²) in [5.41, 5.74) is 1.60. The van der Waals surface area contributed by atoms with Crippen LogP contribution < -0.4 is 10.1 Å². The SMILES string of the molecule is CNC(=O)c1ccc(OC(C)C(=O)N2CCN(C(=O)c3ccccc3)CC2C)c2cccnc12. The number of piperazine rings is 1. The van der Waals surface area contributed by atoms with E-state index >= 15 is 0 Å². The third-order valence-corrected chi connectivity index (χ3v) is 6.07.